The van der Waals surface area contributed by atoms with E-state index in [4.69, 9.17) is 17.3 Å². The van der Waals surface area contributed by atoms with Crippen LogP contribution in [0.4, 0.5) is 5.69 Å². The molecule has 3 rings (SSSR count). The number of primary amides is 1. The molecular formula is C21H24ClN3O2S. The van der Waals surface area contributed by atoms with Gasteiger partial charge in [-0.05, 0) is 62.2 Å². The Morgan fingerprint density at radius 2 is 1.96 bits per heavy atom. The van der Waals surface area contributed by atoms with Crippen LogP contribution in [0.15, 0.2) is 53.4 Å². The van der Waals surface area contributed by atoms with Gasteiger partial charge in [-0.1, -0.05) is 29.8 Å². The summed E-state index contributed by atoms with van der Waals surface area (Å²) in [7, 11) is 0. The smallest absolute Gasteiger partial charge is 0.237 e. The summed E-state index contributed by atoms with van der Waals surface area (Å²) in [4.78, 5) is 27.4. The highest BCUT2D eigenvalue weighted by Crippen LogP contribution is 2.27. The van der Waals surface area contributed by atoms with E-state index < -0.39 is 0 Å². The lowest BCUT2D eigenvalue weighted by Gasteiger charge is -2.23. The van der Waals surface area contributed by atoms with Crippen LogP contribution >= 0.6 is 23.4 Å². The number of thioether (sulfide) groups is 1. The van der Waals surface area contributed by atoms with Gasteiger partial charge < -0.3 is 11.1 Å². The Bertz CT molecular complexity index is 844. The van der Waals surface area contributed by atoms with Crippen LogP contribution in [0.1, 0.15) is 25.3 Å². The first-order valence-corrected chi connectivity index (χ1v) is 10.5. The number of nitrogens with zero attached hydrogens (tertiary/aromatic N) is 1. The maximum absolute atomic E-state index is 12.7. The van der Waals surface area contributed by atoms with E-state index >= 15 is 0 Å². The predicted molar refractivity (Wildman–Crippen MR) is 114 cm³/mol. The molecule has 7 heteroatoms. The fourth-order valence-electron chi connectivity index (χ4n) is 3.34. The summed E-state index contributed by atoms with van der Waals surface area (Å²) in [5.74, 6) is -0.354. The van der Waals surface area contributed by atoms with Gasteiger partial charge in [0.05, 0.1) is 11.3 Å². The lowest BCUT2D eigenvalue weighted by molar-refractivity contribution is -0.122. The number of para-hydroxylation sites is 1. The van der Waals surface area contributed by atoms with Crippen LogP contribution in [0.3, 0.4) is 0 Å². The van der Waals surface area contributed by atoms with Gasteiger partial charge in [0.2, 0.25) is 11.8 Å². The first-order chi connectivity index (χ1) is 13.4. The summed E-state index contributed by atoms with van der Waals surface area (Å²) in [6.07, 6.45) is 1.75. The standard InChI is InChI=1S/C21H24ClN3O2S/c1-14(28-17-10-8-16(22)9-11-17)21(27)24-18-6-3-2-5-15(18)13-25-12-4-7-19(25)20(23)26/h2-3,5-6,8-11,14,19H,4,7,12-13H2,1H3,(H2,23,26)(H,24,27). The minimum Gasteiger partial charge on any atom is -0.368 e. The van der Waals surface area contributed by atoms with Crippen LogP contribution in [0, 0.1) is 0 Å². The van der Waals surface area contributed by atoms with E-state index in [1.165, 1.54) is 11.8 Å². The van der Waals surface area contributed by atoms with E-state index in [9.17, 15) is 9.59 Å². The monoisotopic (exact) mass is 417 g/mol. The second-order valence-electron chi connectivity index (χ2n) is 6.89. The van der Waals surface area contributed by atoms with Crippen molar-refractivity contribution in [3.8, 4) is 0 Å². The molecule has 1 heterocycles. The van der Waals surface area contributed by atoms with Crippen LogP contribution in [-0.2, 0) is 16.1 Å². The van der Waals surface area contributed by atoms with Gasteiger partial charge in [0, 0.05) is 22.2 Å². The van der Waals surface area contributed by atoms with Crippen molar-refractivity contribution in [2.75, 3.05) is 11.9 Å². The van der Waals surface area contributed by atoms with E-state index in [0.717, 1.165) is 35.5 Å². The largest absolute Gasteiger partial charge is 0.368 e. The van der Waals surface area contributed by atoms with Crippen LogP contribution < -0.4 is 11.1 Å². The Kier molecular flexibility index (Phi) is 6.99. The van der Waals surface area contributed by atoms with Gasteiger partial charge >= 0.3 is 0 Å². The molecule has 1 saturated heterocycles. The van der Waals surface area contributed by atoms with Crippen molar-refractivity contribution in [3.05, 3.63) is 59.1 Å². The van der Waals surface area contributed by atoms with Gasteiger partial charge in [-0.15, -0.1) is 11.8 Å². The maximum atomic E-state index is 12.7. The average Bonchev–Trinajstić information content (AvgIpc) is 3.13. The minimum atomic E-state index is -0.285. The third kappa shape index (κ3) is 5.28. The Morgan fingerprint density at radius 3 is 2.68 bits per heavy atom. The molecule has 3 N–H and O–H groups in total. The Balaban J connectivity index is 1.66. The van der Waals surface area contributed by atoms with Gasteiger partial charge in [-0.2, -0.15) is 0 Å². The van der Waals surface area contributed by atoms with E-state index in [1.807, 2.05) is 55.5 Å². The molecule has 0 aliphatic carbocycles. The number of carbonyl (C=O) groups is 2. The number of nitrogens with two attached hydrogens (primary N) is 1. The van der Waals surface area contributed by atoms with Crippen LogP contribution in [-0.4, -0.2) is 34.6 Å². The number of amides is 2. The summed E-state index contributed by atoms with van der Waals surface area (Å²) in [5, 5.41) is 3.44. The third-order valence-corrected chi connectivity index (χ3v) is 6.20. The zero-order valence-electron chi connectivity index (χ0n) is 15.7. The predicted octanol–water partition coefficient (Wildman–Crippen LogP) is 3.91. The molecule has 5 nitrogen and oxygen atoms in total. The number of halogens is 1. The summed E-state index contributed by atoms with van der Waals surface area (Å²) < 4.78 is 0. The summed E-state index contributed by atoms with van der Waals surface area (Å²) in [5.41, 5.74) is 7.27. The molecule has 0 aromatic heterocycles. The van der Waals surface area contributed by atoms with Crippen LogP contribution in [0.2, 0.25) is 5.02 Å². The summed E-state index contributed by atoms with van der Waals surface area (Å²) in [6, 6.07) is 14.9. The fourth-order valence-corrected chi connectivity index (χ4v) is 4.34. The molecule has 0 spiro atoms. The number of benzene rings is 2. The number of anilines is 1. The normalized spacial score (nSPS) is 18.0. The van der Waals surface area contributed by atoms with Gasteiger partial charge in [-0.3, -0.25) is 14.5 Å². The van der Waals surface area contributed by atoms with Crippen molar-refractivity contribution < 1.29 is 9.59 Å². The quantitative estimate of drug-likeness (QED) is 0.670. The second-order valence-corrected chi connectivity index (χ2v) is 8.74. The molecule has 0 bridgehead atoms. The maximum Gasteiger partial charge on any atom is 0.237 e. The molecule has 1 fully saturated rings. The zero-order valence-corrected chi connectivity index (χ0v) is 17.3. The number of hydrogen-bond donors (Lipinski definition) is 2. The highest BCUT2D eigenvalue weighted by atomic mass is 35.5. The molecule has 2 aromatic carbocycles. The molecule has 2 amide bonds. The van der Waals surface area contributed by atoms with Crippen molar-refractivity contribution in [3.63, 3.8) is 0 Å². The molecule has 2 atom stereocenters. The van der Waals surface area contributed by atoms with Crippen LogP contribution in [0.5, 0.6) is 0 Å². The number of rotatable bonds is 7. The molecule has 0 saturated carbocycles. The van der Waals surface area contributed by atoms with Gasteiger partial charge in [0.25, 0.3) is 0 Å². The molecule has 1 aliphatic rings. The van der Waals surface area contributed by atoms with E-state index in [0.29, 0.717) is 11.6 Å². The lowest BCUT2D eigenvalue weighted by Crippen LogP contribution is -2.39. The average molecular weight is 418 g/mol. The van der Waals surface area contributed by atoms with Crippen molar-refractivity contribution in [1.82, 2.24) is 4.90 Å². The van der Waals surface area contributed by atoms with Crippen molar-refractivity contribution in [1.29, 1.82) is 0 Å². The number of nitrogens with one attached hydrogen (secondary N) is 1. The second kappa shape index (κ2) is 9.45. The van der Waals surface area contributed by atoms with E-state index in [2.05, 4.69) is 10.2 Å². The summed E-state index contributed by atoms with van der Waals surface area (Å²) in [6.45, 7) is 3.29. The molecule has 2 unspecified atom stereocenters. The molecule has 148 valence electrons. The number of carbonyl (C=O) groups excluding carboxylic acids is 2. The Hall–Kier alpha value is -2.02. The van der Waals surface area contributed by atoms with E-state index in [-0.39, 0.29) is 23.1 Å². The van der Waals surface area contributed by atoms with Gasteiger partial charge in [0.1, 0.15) is 0 Å². The van der Waals surface area contributed by atoms with E-state index in [1.54, 1.807) is 0 Å². The van der Waals surface area contributed by atoms with Crippen molar-refractivity contribution >= 4 is 40.9 Å². The molecule has 1 aliphatic heterocycles. The zero-order chi connectivity index (χ0) is 20.1. The Morgan fingerprint density at radius 1 is 1.25 bits per heavy atom. The van der Waals surface area contributed by atoms with Crippen molar-refractivity contribution in [2.24, 2.45) is 5.73 Å². The highest BCUT2D eigenvalue weighted by Gasteiger charge is 2.29. The Labute approximate surface area is 174 Å². The summed E-state index contributed by atoms with van der Waals surface area (Å²) >= 11 is 7.39. The van der Waals surface area contributed by atoms with Crippen molar-refractivity contribution in [2.45, 2.75) is 42.5 Å². The topological polar surface area (TPSA) is 75.4 Å². The number of likely N-dealkylation sites (tertiary alicyclic amines) is 1. The third-order valence-electron chi connectivity index (χ3n) is 4.84. The molecular weight excluding hydrogens is 394 g/mol. The first kappa shape index (κ1) is 20.7. The first-order valence-electron chi connectivity index (χ1n) is 9.28. The molecule has 2 aromatic rings. The fraction of sp³-hybridized carbons (Fsp3) is 0.333. The highest BCUT2D eigenvalue weighted by molar-refractivity contribution is 8.00. The SMILES string of the molecule is CC(Sc1ccc(Cl)cc1)C(=O)Nc1ccccc1CN1CCCC1C(N)=O. The number of hydrogen-bond acceptors (Lipinski definition) is 4. The molecule has 28 heavy (non-hydrogen) atoms. The van der Waals surface area contributed by atoms with Crippen LogP contribution in [0.25, 0.3) is 0 Å². The minimum absolute atomic E-state index is 0.0692. The van der Waals surface area contributed by atoms with Gasteiger partial charge in [0.15, 0.2) is 0 Å². The van der Waals surface area contributed by atoms with Gasteiger partial charge in [-0.25, -0.2) is 0 Å². The lowest BCUT2D eigenvalue weighted by atomic mass is 10.1. The molecule has 0 radical (unpaired) electrons.